The van der Waals surface area contributed by atoms with Crippen molar-refractivity contribution in [2.24, 2.45) is 0 Å². The molecule has 40 heavy (non-hydrogen) atoms. The third-order valence-electron chi connectivity index (χ3n) is 6.65. The van der Waals surface area contributed by atoms with Crippen molar-refractivity contribution in [2.45, 2.75) is 42.6 Å². The van der Waals surface area contributed by atoms with Crippen molar-refractivity contribution in [3.05, 3.63) is 54.6 Å². The molecule has 13 nitrogen and oxygen atoms in total. The quantitative estimate of drug-likeness (QED) is 0.263. The van der Waals surface area contributed by atoms with Crippen LogP contribution in [0.1, 0.15) is 37.3 Å². The number of para-hydroxylation sites is 1. The fourth-order valence-corrected chi connectivity index (χ4v) is 5.92. The Balaban J connectivity index is 0.000000867. The average Bonchev–Trinajstić information content (AvgIpc) is 3.56. The molecule has 0 amide bonds. The molecule has 3 heterocycles. The molecular formula is C26H32N6O7S. The van der Waals surface area contributed by atoms with Gasteiger partial charge in [-0.25, -0.2) is 22.9 Å². The summed E-state index contributed by atoms with van der Waals surface area (Å²) in [5.41, 5.74) is 9.93. The molecule has 1 fully saturated rings. The molecule has 5 rings (SSSR count). The number of aromatic nitrogens is 5. The number of hydrogen-bond donors (Lipinski definition) is 3. The standard InChI is InChI=1S/C25H30N6O4S.CH2O3/c1-34-12-13-35-20-10-8-17(9-11-20)22-23(36(2,32)33)24(26)31-25(29-22)21(15-28-31)18-14-27-30(16-18)19-6-4-3-5-7-19;2-1(3)4/h3-7,14-17,20H,8-13,26H2,1-2H3;(H2,2,3,4)/t17-,20-;. The highest BCUT2D eigenvalue weighted by molar-refractivity contribution is 7.91. The Morgan fingerprint density at radius 3 is 2.38 bits per heavy atom. The Bertz CT molecular complexity index is 1560. The number of sulfone groups is 1. The number of benzene rings is 1. The van der Waals surface area contributed by atoms with Gasteiger partial charge in [0.25, 0.3) is 0 Å². The van der Waals surface area contributed by atoms with E-state index >= 15 is 0 Å². The number of ether oxygens (including phenoxy) is 2. The van der Waals surface area contributed by atoms with Crippen molar-refractivity contribution in [3.63, 3.8) is 0 Å². The van der Waals surface area contributed by atoms with Crippen LogP contribution in [0.5, 0.6) is 0 Å². The lowest BCUT2D eigenvalue weighted by Crippen LogP contribution is -2.24. The van der Waals surface area contributed by atoms with E-state index in [4.69, 9.17) is 35.2 Å². The summed E-state index contributed by atoms with van der Waals surface area (Å²) in [5, 5.41) is 22.8. The zero-order valence-electron chi connectivity index (χ0n) is 22.2. The van der Waals surface area contributed by atoms with Crippen molar-refractivity contribution in [3.8, 4) is 16.8 Å². The highest BCUT2D eigenvalue weighted by Crippen LogP contribution is 2.39. The van der Waals surface area contributed by atoms with Gasteiger partial charge in [0.2, 0.25) is 0 Å². The number of hydrogen-bond acceptors (Lipinski definition) is 9. The summed E-state index contributed by atoms with van der Waals surface area (Å²) in [7, 11) is -1.99. The highest BCUT2D eigenvalue weighted by atomic mass is 32.2. The molecule has 4 aromatic rings. The second-order valence-corrected chi connectivity index (χ2v) is 11.4. The first-order valence-corrected chi connectivity index (χ1v) is 14.5. The van der Waals surface area contributed by atoms with E-state index in [9.17, 15) is 8.42 Å². The minimum atomic E-state index is -3.64. The Kier molecular flexibility index (Phi) is 9.02. The number of methoxy groups -OCH3 is 1. The van der Waals surface area contributed by atoms with Crippen molar-refractivity contribution >= 4 is 27.5 Å². The van der Waals surface area contributed by atoms with Crippen LogP contribution in [0.15, 0.2) is 53.8 Å². The third kappa shape index (κ3) is 6.58. The van der Waals surface area contributed by atoms with Crippen LogP contribution in [-0.2, 0) is 19.3 Å². The van der Waals surface area contributed by atoms with E-state index in [0.29, 0.717) is 24.6 Å². The molecule has 0 radical (unpaired) electrons. The maximum Gasteiger partial charge on any atom is 0.503 e. The topological polar surface area (TPSA) is 184 Å². The summed E-state index contributed by atoms with van der Waals surface area (Å²) in [6.07, 6.45) is 7.93. The second-order valence-electron chi connectivity index (χ2n) is 9.41. The van der Waals surface area contributed by atoms with Crippen LogP contribution in [0.2, 0.25) is 0 Å². The van der Waals surface area contributed by atoms with Crippen molar-refractivity contribution < 1.29 is 32.9 Å². The summed E-state index contributed by atoms with van der Waals surface area (Å²) in [4.78, 5) is 13.5. The smallest absolute Gasteiger partial charge is 0.450 e. The zero-order valence-corrected chi connectivity index (χ0v) is 23.0. The Morgan fingerprint density at radius 1 is 1.07 bits per heavy atom. The van der Waals surface area contributed by atoms with Gasteiger partial charge in [0.05, 0.1) is 43.1 Å². The van der Waals surface area contributed by atoms with Gasteiger partial charge in [-0.2, -0.15) is 14.7 Å². The number of fused-ring (bicyclic) bond motifs is 1. The first-order chi connectivity index (χ1) is 19.1. The first kappa shape index (κ1) is 29.0. The van der Waals surface area contributed by atoms with Crippen LogP contribution in [0.4, 0.5) is 10.6 Å². The Hall–Kier alpha value is -4.01. The van der Waals surface area contributed by atoms with Gasteiger partial charge in [0, 0.05) is 36.6 Å². The van der Waals surface area contributed by atoms with E-state index in [1.807, 2.05) is 36.5 Å². The van der Waals surface area contributed by atoms with Crippen molar-refractivity contribution in [1.82, 2.24) is 24.4 Å². The highest BCUT2D eigenvalue weighted by Gasteiger charge is 2.32. The second kappa shape index (κ2) is 12.4. The van der Waals surface area contributed by atoms with Crippen LogP contribution < -0.4 is 5.73 Å². The summed E-state index contributed by atoms with van der Waals surface area (Å²) >= 11 is 0. The fourth-order valence-electron chi connectivity index (χ4n) is 4.86. The monoisotopic (exact) mass is 572 g/mol. The maximum absolute atomic E-state index is 12.8. The van der Waals surface area contributed by atoms with Crippen LogP contribution in [-0.4, -0.2) is 81.8 Å². The summed E-state index contributed by atoms with van der Waals surface area (Å²) in [5.74, 6) is 0.0387. The van der Waals surface area contributed by atoms with E-state index in [1.165, 1.54) is 10.8 Å². The van der Waals surface area contributed by atoms with Gasteiger partial charge in [0.1, 0.15) is 10.7 Å². The van der Waals surface area contributed by atoms with E-state index < -0.39 is 16.0 Å². The van der Waals surface area contributed by atoms with Gasteiger partial charge in [0.15, 0.2) is 15.5 Å². The molecule has 4 N–H and O–H groups in total. The molecule has 3 aromatic heterocycles. The van der Waals surface area contributed by atoms with Crippen molar-refractivity contribution in [1.29, 1.82) is 0 Å². The zero-order chi connectivity index (χ0) is 28.9. The number of nitrogens with zero attached hydrogens (tertiary/aromatic N) is 5. The van der Waals surface area contributed by atoms with Gasteiger partial charge < -0.3 is 25.4 Å². The maximum atomic E-state index is 12.8. The van der Waals surface area contributed by atoms with E-state index in [0.717, 1.165) is 42.5 Å². The lowest BCUT2D eigenvalue weighted by Gasteiger charge is -2.29. The number of carboxylic acid groups (broad SMARTS) is 2. The molecule has 0 saturated heterocycles. The van der Waals surface area contributed by atoms with Gasteiger partial charge >= 0.3 is 6.16 Å². The normalized spacial score (nSPS) is 17.4. The molecule has 0 bridgehead atoms. The van der Waals surface area contributed by atoms with Gasteiger partial charge in [-0.05, 0) is 37.8 Å². The minimum Gasteiger partial charge on any atom is -0.450 e. The summed E-state index contributed by atoms with van der Waals surface area (Å²) < 4.78 is 39.8. The number of anilines is 1. The number of nitrogens with two attached hydrogens (primary N) is 1. The molecule has 0 atom stereocenters. The molecule has 1 aromatic carbocycles. The molecule has 0 aliphatic heterocycles. The van der Waals surface area contributed by atoms with Crippen LogP contribution in [0.25, 0.3) is 22.5 Å². The number of nitrogen functional groups attached to an aromatic ring is 1. The molecule has 1 aliphatic rings. The van der Waals surface area contributed by atoms with Gasteiger partial charge in [-0.3, -0.25) is 0 Å². The number of rotatable bonds is 8. The Morgan fingerprint density at radius 2 is 1.75 bits per heavy atom. The predicted octanol–water partition coefficient (Wildman–Crippen LogP) is 3.48. The molecule has 0 unspecified atom stereocenters. The molecular weight excluding hydrogens is 540 g/mol. The summed E-state index contributed by atoms with van der Waals surface area (Å²) in [6, 6.07) is 9.78. The molecule has 214 valence electrons. The van der Waals surface area contributed by atoms with Crippen molar-refractivity contribution in [2.75, 3.05) is 32.3 Å². The van der Waals surface area contributed by atoms with E-state index in [1.54, 1.807) is 24.2 Å². The number of carbonyl (C=O) groups is 1. The third-order valence-corrected chi connectivity index (χ3v) is 7.81. The summed E-state index contributed by atoms with van der Waals surface area (Å²) in [6.45, 7) is 1.10. The van der Waals surface area contributed by atoms with Crippen LogP contribution >= 0.6 is 0 Å². The van der Waals surface area contributed by atoms with Gasteiger partial charge in [-0.1, -0.05) is 18.2 Å². The SMILES string of the molecule is COCCO[C@H]1CC[C@H](c2nc3c(-c4cnn(-c5ccccc5)c4)cnn3c(N)c2S(C)(=O)=O)CC1.O=C(O)O. The van der Waals surface area contributed by atoms with E-state index in [-0.39, 0.29) is 22.7 Å². The van der Waals surface area contributed by atoms with Crippen LogP contribution in [0, 0.1) is 0 Å². The minimum absolute atomic E-state index is 0.0425. The fraction of sp³-hybridized carbons (Fsp3) is 0.385. The molecule has 1 saturated carbocycles. The molecule has 1 aliphatic carbocycles. The van der Waals surface area contributed by atoms with Gasteiger partial charge in [-0.15, -0.1) is 0 Å². The average molecular weight is 573 g/mol. The lowest BCUT2D eigenvalue weighted by atomic mass is 9.85. The first-order valence-electron chi connectivity index (χ1n) is 12.6. The largest absolute Gasteiger partial charge is 0.503 e. The van der Waals surface area contributed by atoms with Crippen LogP contribution in [0.3, 0.4) is 0 Å². The predicted molar refractivity (Wildman–Crippen MR) is 147 cm³/mol. The lowest BCUT2D eigenvalue weighted by molar-refractivity contribution is -0.00308. The molecule has 14 heteroatoms. The van der Waals surface area contributed by atoms with E-state index in [2.05, 4.69) is 10.2 Å². The molecule has 0 spiro atoms. The Labute approximate surface area is 231 Å².